The molecule has 0 aliphatic rings. The van der Waals surface area contributed by atoms with E-state index in [0.29, 0.717) is 0 Å². The lowest BCUT2D eigenvalue weighted by atomic mass is 9.74. The second-order valence-corrected chi connectivity index (χ2v) is 13.1. The van der Waals surface area contributed by atoms with Gasteiger partial charge in [0.05, 0.1) is 0 Å². The van der Waals surface area contributed by atoms with Gasteiger partial charge in [0.25, 0.3) is 0 Å². The predicted octanol–water partition coefficient (Wildman–Crippen LogP) is 14.1. The van der Waals surface area contributed by atoms with E-state index in [1.165, 1.54) is 77.9 Å². The summed E-state index contributed by atoms with van der Waals surface area (Å²) in [5.41, 5.74) is 16.8. The van der Waals surface area contributed by atoms with Crippen LogP contribution in [0.2, 0.25) is 0 Å². The standard InChI is InChI=1S/C48H33Br/c49-42-32-30-35(31-33-42)34-26-28-41(29-27-34)48-46(39-22-12-4-13-23-39)44(37-18-8-2-9-19-37)43(36-16-6-1-7-17-36)45(38-20-10-3-11-21-38)47(48)40-24-14-5-15-25-40/h1-33H. The smallest absolute Gasteiger partial charge is 0.0175 e. The summed E-state index contributed by atoms with van der Waals surface area (Å²) in [5.74, 6) is 0. The summed E-state index contributed by atoms with van der Waals surface area (Å²) in [7, 11) is 0. The molecule has 0 aliphatic heterocycles. The third-order valence-electron chi connectivity index (χ3n) is 9.16. The van der Waals surface area contributed by atoms with Gasteiger partial charge in [0.2, 0.25) is 0 Å². The van der Waals surface area contributed by atoms with Gasteiger partial charge in [-0.05, 0) is 90.0 Å². The predicted molar refractivity (Wildman–Crippen MR) is 212 cm³/mol. The van der Waals surface area contributed by atoms with Gasteiger partial charge in [0, 0.05) is 4.47 Å². The van der Waals surface area contributed by atoms with Gasteiger partial charge >= 0.3 is 0 Å². The first-order valence-corrected chi connectivity index (χ1v) is 17.4. The van der Waals surface area contributed by atoms with Gasteiger partial charge in [0.1, 0.15) is 0 Å². The largest absolute Gasteiger partial charge is 0.0622 e. The van der Waals surface area contributed by atoms with E-state index in [1.54, 1.807) is 0 Å². The molecule has 1 heteroatoms. The fourth-order valence-electron chi connectivity index (χ4n) is 6.98. The van der Waals surface area contributed by atoms with Crippen molar-refractivity contribution in [2.24, 2.45) is 0 Å². The molecule has 0 aliphatic carbocycles. The Morgan fingerprint density at radius 1 is 0.184 bits per heavy atom. The summed E-state index contributed by atoms with van der Waals surface area (Å²) in [6.45, 7) is 0. The molecular weight excluding hydrogens is 656 g/mol. The molecule has 0 atom stereocenters. The van der Waals surface area contributed by atoms with Crippen LogP contribution in [-0.4, -0.2) is 0 Å². The van der Waals surface area contributed by atoms with Crippen molar-refractivity contribution >= 4 is 15.9 Å². The van der Waals surface area contributed by atoms with Crippen LogP contribution in [0.5, 0.6) is 0 Å². The topological polar surface area (TPSA) is 0 Å². The summed E-state index contributed by atoms with van der Waals surface area (Å²) >= 11 is 3.60. The molecule has 232 valence electrons. The maximum atomic E-state index is 3.60. The molecule has 0 unspecified atom stereocenters. The molecule has 0 spiro atoms. The van der Waals surface area contributed by atoms with Crippen LogP contribution in [-0.2, 0) is 0 Å². The van der Waals surface area contributed by atoms with E-state index in [1.807, 2.05) is 0 Å². The summed E-state index contributed by atoms with van der Waals surface area (Å²) in [5, 5.41) is 0. The maximum Gasteiger partial charge on any atom is 0.0175 e. The van der Waals surface area contributed by atoms with Crippen LogP contribution in [0.4, 0.5) is 0 Å². The Kier molecular flexibility index (Phi) is 8.59. The second kappa shape index (κ2) is 13.8. The van der Waals surface area contributed by atoms with Gasteiger partial charge in [-0.15, -0.1) is 0 Å². The highest BCUT2D eigenvalue weighted by Gasteiger charge is 2.28. The van der Waals surface area contributed by atoms with Crippen molar-refractivity contribution in [3.8, 4) is 77.9 Å². The van der Waals surface area contributed by atoms with Crippen LogP contribution in [0.1, 0.15) is 0 Å². The Morgan fingerprint density at radius 2 is 0.367 bits per heavy atom. The Labute approximate surface area is 297 Å². The van der Waals surface area contributed by atoms with E-state index in [9.17, 15) is 0 Å². The number of hydrogen-bond acceptors (Lipinski definition) is 0. The molecule has 0 bridgehead atoms. The fraction of sp³-hybridized carbons (Fsp3) is 0. The Bertz CT molecular complexity index is 2210. The monoisotopic (exact) mass is 688 g/mol. The van der Waals surface area contributed by atoms with Gasteiger partial charge in [-0.3, -0.25) is 0 Å². The summed E-state index contributed by atoms with van der Waals surface area (Å²) < 4.78 is 1.08. The highest BCUT2D eigenvalue weighted by atomic mass is 79.9. The van der Waals surface area contributed by atoms with Gasteiger partial charge < -0.3 is 0 Å². The number of halogens is 1. The van der Waals surface area contributed by atoms with Crippen molar-refractivity contribution in [3.05, 3.63) is 205 Å². The normalized spacial score (nSPS) is 11.0. The van der Waals surface area contributed by atoms with Gasteiger partial charge in [-0.2, -0.15) is 0 Å². The molecule has 8 aromatic carbocycles. The Balaban J connectivity index is 1.59. The van der Waals surface area contributed by atoms with Crippen LogP contribution < -0.4 is 0 Å². The van der Waals surface area contributed by atoms with Crippen molar-refractivity contribution in [1.29, 1.82) is 0 Å². The molecule has 0 N–H and O–H groups in total. The minimum atomic E-state index is 1.08. The number of hydrogen-bond donors (Lipinski definition) is 0. The van der Waals surface area contributed by atoms with Crippen molar-refractivity contribution in [2.75, 3.05) is 0 Å². The molecule has 0 heterocycles. The van der Waals surface area contributed by atoms with E-state index >= 15 is 0 Å². The average Bonchev–Trinajstić information content (AvgIpc) is 3.19. The van der Waals surface area contributed by atoms with E-state index in [2.05, 4.69) is 216 Å². The lowest BCUT2D eigenvalue weighted by Gasteiger charge is -2.28. The van der Waals surface area contributed by atoms with E-state index < -0.39 is 0 Å². The summed E-state index contributed by atoms with van der Waals surface area (Å²) in [4.78, 5) is 0. The first-order chi connectivity index (χ1) is 24.3. The highest BCUT2D eigenvalue weighted by Crippen LogP contribution is 2.55. The molecule has 0 amide bonds. The van der Waals surface area contributed by atoms with Crippen LogP contribution in [0.25, 0.3) is 77.9 Å². The van der Waals surface area contributed by atoms with E-state index in [-0.39, 0.29) is 0 Å². The lowest BCUT2D eigenvalue weighted by Crippen LogP contribution is -2.02. The molecule has 8 rings (SSSR count). The second-order valence-electron chi connectivity index (χ2n) is 12.2. The van der Waals surface area contributed by atoms with Crippen LogP contribution in [0, 0.1) is 0 Å². The number of rotatable bonds is 7. The van der Waals surface area contributed by atoms with Crippen molar-refractivity contribution in [3.63, 3.8) is 0 Å². The quantitative estimate of drug-likeness (QED) is 0.156. The van der Waals surface area contributed by atoms with Crippen molar-refractivity contribution < 1.29 is 0 Å². The molecule has 0 nitrogen and oxygen atoms in total. The Hall–Kier alpha value is -5.76. The highest BCUT2D eigenvalue weighted by molar-refractivity contribution is 9.10. The van der Waals surface area contributed by atoms with E-state index in [0.717, 1.165) is 4.47 Å². The van der Waals surface area contributed by atoms with Gasteiger partial charge in [-0.25, -0.2) is 0 Å². The van der Waals surface area contributed by atoms with E-state index in [4.69, 9.17) is 0 Å². The van der Waals surface area contributed by atoms with Crippen LogP contribution >= 0.6 is 15.9 Å². The minimum absolute atomic E-state index is 1.08. The maximum absolute atomic E-state index is 3.60. The first kappa shape index (κ1) is 30.6. The van der Waals surface area contributed by atoms with Crippen LogP contribution in [0.3, 0.4) is 0 Å². The third kappa shape index (κ3) is 6.06. The first-order valence-electron chi connectivity index (χ1n) is 16.6. The molecule has 49 heavy (non-hydrogen) atoms. The average molecular weight is 690 g/mol. The third-order valence-corrected chi connectivity index (χ3v) is 9.69. The lowest BCUT2D eigenvalue weighted by molar-refractivity contribution is 1.51. The summed E-state index contributed by atoms with van der Waals surface area (Å²) in [6, 6.07) is 72.3. The zero-order valence-corrected chi connectivity index (χ0v) is 28.5. The molecule has 0 aromatic heterocycles. The zero-order chi connectivity index (χ0) is 33.0. The fourth-order valence-corrected chi connectivity index (χ4v) is 7.24. The molecule has 0 saturated carbocycles. The van der Waals surface area contributed by atoms with Crippen molar-refractivity contribution in [1.82, 2.24) is 0 Å². The molecule has 0 saturated heterocycles. The zero-order valence-electron chi connectivity index (χ0n) is 26.9. The molecule has 8 aromatic rings. The molecular formula is C48H33Br. The Morgan fingerprint density at radius 3 is 0.612 bits per heavy atom. The minimum Gasteiger partial charge on any atom is -0.0622 e. The van der Waals surface area contributed by atoms with Crippen LogP contribution in [0.15, 0.2) is 205 Å². The molecule has 0 radical (unpaired) electrons. The van der Waals surface area contributed by atoms with Gasteiger partial charge in [0.15, 0.2) is 0 Å². The van der Waals surface area contributed by atoms with Gasteiger partial charge in [-0.1, -0.05) is 204 Å². The van der Waals surface area contributed by atoms with Crippen molar-refractivity contribution in [2.45, 2.75) is 0 Å². The number of benzene rings is 8. The molecule has 0 fully saturated rings. The SMILES string of the molecule is Brc1ccc(-c2ccc(-c3c(-c4ccccc4)c(-c4ccccc4)c(-c4ccccc4)c(-c4ccccc4)c3-c3ccccc3)cc2)cc1. The summed E-state index contributed by atoms with van der Waals surface area (Å²) in [6.07, 6.45) is 0.